The van der Waals surface area contributed by atoms with Crippen molar-refractivity contribution in [1.82, 2.24) is 9.97 Å². The highest BCUT2D eigenvalue weighted by molar-refractivity contribution is 8.00. The summed E-state index contributed by atoms with van der Waals surface area (Å²) < 4.78 is 0. The van der Waals surface area contributed by atoms with Gasteiger partial charge < -0.3 is 5.32 Å². The third-order valence-corrected chi connectivity index (χ3v) is 6.81. The average molecular weight is 399 g/mol. The van der Waals surface area contributed by atoms with E-state index in [1.807, 2.05) is 25.1 Å². The van der Waals surface area contributed by atoms with Crippen molar-refractivity contribution < 1.29 is 9.59 Å². The molecule has 2 amide bonds. The van der Waals surface area contributed by atoms with Gasteiger partial charge in [-0.15, -0.1) is 11.3 Å². The lowest BCUT2D eigenvalue weighted by atomic mass is 10.2. The SMILES string of the molecule is Cc1sc2ncnc(S[C@H](C)C(=O)N3CC(=O)Nc4ccccc43)c2c1C. The predicted molar refractivity (Wildman–Crippen MR) is 110 cm³/mol. The Hall–Kier alpha value is -2.45. The Labute approximate surface area is 165 Å². The van der Waals surface area contributed by atoms with Gasteiger partial charge in [0.25, 0.3) is 0 Å². The molecule has 2 aromatic heterocycles. The standard InChI is InChI=1S/C19H18N4O2S2/c1-10-11(2)26-17-16(10)18(21-9-20-17)27-12(3)19(25)23-8-15(24)22-13-6-4-5-7-14(13)23/h4-7,9,12H,8H2,1-3H3,(H,22,24)/t12-/m1/s1. The summed E-state index contributed by atoms with van der Waals surface area (Å²) in [6, 6.07) is 7.35. The second-order valence-electron chi connectivity index (χ2n) is 6.39. The van der Waals surface area contributed by atoms with E-state index in [4.69, 9.17) is 0 Å². The number of hydrogen-bond donors (Lipinski definition) is 1. The molecule has 6 nitrogen and oxygen atoms in total. The number of benzene rings is 1. The van der Waals surface area contributed by atoms with E-state index in [0.29, 0.717) is 5.69 Å². The van der Waals surface area contributed by atoms with Crippen LogP contribution < -0.4 is 10.2 Å². The van der Waals surface area contributed by atoms with Crippen molar-refractivity contribution >= 4 is 56.5 Å². The van der Waals surface area contributed by atoms with Crippen molar-refractivity contribution in [2.45, 2.75) is 31.0 Å². The number of thiophene rings is 1. The Morgan fingerprint density at radius 2 is 2.07 bits per heavy atom. The number of aryl methyl sites for hydroxylation is 2. The number of aromatic nitrogens is 2. The number of nitrogens with one attached hydrogen (secondary N) is 1. The third-order valence-electron chi connectivity index (χ3n) is 4.60. The molecule has 8 heteroatoms. The molecule has 0 unspecified atom stereocenters. The molecule has 1 aromatic carbocycles. The van der Waals surface area contributed by atoms with Gasteiger partial charge in [0, 0.05) is 10.3 Å². The summed E-state index contributed by atoms with van der Waals surface area (Å²) in [5, 5.41) is 4.24. The zero-order chi connectivity index (χ0) is 19.1. The van der Waals surface area contributed by atoms with Crippen LogP contribution in [0.2, 0.25) is 0 Å². The number of nitrogens with zero attached hydrogens (tertiary/aromatic N) is 3. The van der Waals surface area contributed by atoms with Crippen LogP contribution in [0.4, 0.5) is 11.4 Å². The number of fused-ring (bicyclic) bond motifs is 2. The molecule has 0 radical (unpaired) electrons. The minimum atomic E-state index is -0.387. The molecule has 1 atom stereocenters. The first-order valence-electron chi connectivity index (χ1n) is 8.53. The van der Waals surface area contributed by atoms with E-state index in [2.05, 4.69) is 29.1 Å². The summed E-state index contributed by atoms with van der Waals surface area (Å²) in [6.07, 6.45) is 1.54. The molecule has 3 heterocycles. The van der Waals surface area contributed by atoms with Gasteiger partial charge in [-0.3, -0.25) is 14.5 Å². The average Bonchev–Trinajstić information content (AvgIpc) is 2.95. The summed E-state index contributed by atoms with van der Waals surface area (Å²) in [7, 11) is 0. The maximum absolute atomic E-state index is 13.1. The number of hydrogen-bond acceptors (Lipinski definition) is 6. The highest BCUT2D eigenvalue weighted by Gasteiger charge is 2.30. The molecule has 0 saturated heterocycles. The van der Waals surface area contributed by atoms with Crippen LogP contribution in [-0.2, 0) is 9.59 Å². The molecule has 0 aliphatic carbocycles. The number of amides is 2. The Morgan fingerprint density at radius 1 is 1.30 bits per heavy atom. The van der Waals surface area contributed by atoms with Crippen LogP contribution in [0.1, 0.15) is 17.4 Å². The van der Waals surface area contributed by atoms with E-state index >= 15 is 0 Å². The normalized spacial score (nSPS) is 14.8. The lowest BCUT2D eigenvalue weighted by Gasteiger charge is -2.30. The van der Waals surface area contributed by atoms with Gasteiger partial charge in [-0.1, -0.05) is 23.9 Å². The first-order valence-corrected chi connectivity index (χ1v) is 10.2. The Balaban J connectivity index is 1.64. The fourth-order valence-electron chi connectivity index (χ4n) is 3.11. The summed E-state index contributed by atoms with van der Waals surface area (Å²) in [5.41, 5.74) is 2.54. The van der Waals surface area contributed by atoms with E-state index in [1.165, 1.54) is 16.6 Å². The predicted octanol–water partition coefficient (Wildman–Crippen LogP) is 3.77. The summed E-state index contributed by atoms with van der Waals surface area (Å²) in [5.74, 6) is -0.299. The van der Waals surface area contributed by atoms with Crippen molar-refractivity contribution in [3.63, 3.8) is 0 Å². The van der Waals surface area contributed by atoms with Gasteiger partial charge in [0.15, 0.2) is 0 Å². The highest BCUT2D eigenvalue weighted by Crippen LogP contribution is 2.37. The fraction of sp³-hybridized carbons (Fsp3) is 0.263. The first-order chi connectivity index (χ1) is 13.0. The summed E-state index contributed by atoms with van der Waals surface area (Å²) >= 11 is 3.05. The second kappa shape index (κ2) is 6.94. The minimum Gasteiger partial charge on any atom is -0.323 e. The first kappa shape index (κ1) is 17.9. The van der Waals surface area contributed by atoms with Gasteiger partial charge in [0.2, 0.25) is 11.8 Å². The molecular weight excluding hydrogens is 380 g/mol. The van der Waals surface area contributed by atoms with Crippen molar-refractivity contribution in [3.05, 3.63) is 41.0 Å². The monoisotopic (exact) mass is 398 g/mol. The minimum absolute atomic E-state index is 0.0243. The Morgan fingerprint density at radius 3 is 2.89 bits per heavy atom. The third kappa shape index (κ3) is 3.19. The molecule has 1 aliphatic heterocycles. The number of rotatable bonds is 3. The summed E-state index contributed by atoms with van der Waals surface area (Å²) in [4.78, 5) is 37.6. The molecular formula is C19H18N4O2S2. The Bertz CT molecular complexity index is 1060. The number of carbonyl (C=O) groups is 2. The number of para-hydroxylation sites is 2. The van der Waals surface area contributed by atoms with Crippen LogP contribution in [0, 0.1) is 13.8 Å². The van der Waals surface area contributed by atoms with E-state index in [1.54, 1.807) is 28.6 Å². The number of carbonyl (C=O) groups excluding carboxylic acids is 2. The zero-order valence-electron chi connectivity index (χ0n) is 15.1. The molecule has 3 aromatic rings. The van der Waals surface area contributed by atoms with Gasteiger partial charge >= 0.3 is 0 Å². The van der Waals surface area contributed by atoms with Crippen molar-refractivity contribution in [2.75, 3.05) is 16.8 Å². The van der Waals surface area contributed by atoms with E-state index < -0.39 is 0 Å². The fourth-order valence-corrected chi connectivity index (χ4v) is 5.21. The molecule has 1 aliphatic rings. The second-order valence-corrected chi connectivity index (χ2v) is 8.92. The van der Waals surface area contributed by atoms with Crippen LogP contribution in [0.3, 0.4) is 0 Å². The topological polar surface area (TPSA) is 75.2 Å². The van der Waals surface area contributed by atoms with Crippen LogP contribution in [0.25, 0.3) is 10.2 Å². The van der Waals surface area contributed by atoms with Gasteiger partial charge in [-0.05, 0) is 38.5 Å². The lowest BCUT2D eigenvalue weighted by Crippen LogP contribution is -2.45. The molecule has 0 fully saturated rings. The molecule has 1 N–H and O–H groups in total. The molecule has 0 spiro atoms. The molecule has 27 heavy (non-hydrogen) atoms. The smallest absolute Gasteiger partial charge is 0.244 e. The van der Waals surface area contributed by atoms with Gasteiger partial charge in [-0.25, -0.2) is 9.97 Å². The summed E-state index contributed by atoms with van der Waals surface area (Å²) in [6.45, 7) is 5.99. The van der Waals surface area contributed by atoms with Crippen LogP contribution in [0.5, 0.6) is 0 Å². The highest BCUT2D eigenvalue weighted by atomic mass is 32.2. The van der Waals surface area contributed by atoms with E-state index in [9.17, 15) is 9.59 Å². The maximum atomic E-state index is 13.1. The van der Waals surface area contributed by atoms with Gasteiger partial charge in [0.05, 0.1) is 16.6 Å². The molecule has 0 saturated carbocycles. The maximum Gasteiger partial charge on any atom is 0.244 e. The van der Waals surface area contributed by atoms with Gasteiger partial charge in [-0.2, -0.15) is 0 Å². The molecule has 138 valence electrons. The van der Waals surface area contributed by atoms with Gasteiger partial charge in [0.1, 0.15) is 22.7 Å². The van der Waals surface area contributed by atoms with E-state index in [-0.39, 0.29) is 23.6 Å². The number of anilines is 2. The lowest BCUT2D eigenvalue weighted by molar-refractivity contribution is -0.121. The molecule has 0 bridgehead atoms. The van der Waals surface area contributed by atoms with Crippen LogP contribution >= 0.6 is 23.1 Å². The van der Waals surface area contributed by atoms with Crippen molar-refractivity contribution in [3.8, 4) is 0 Å². The quantitative estimate of drug-likeness (QED) is 0.537. The van der Waals surface area contributed by atoms with Crippen molar-refractivity contribution in [2.24, 2.45) is 0 Å². The largest absolute Gasteiger partial charge is 0.323 e. The molecule has 4 rings (SSSR count). The van der Waals surface area contributed by atoms with E-state index in [0.717, 1.165) is 26.5 Å². The van der Waals surface area contributed by atoms with Crippen LogP contribution in [0.15, 0.2) is 35.6 Å². The Kier molecular flexibility index (Phi) is 4.61. The van der Waals surface area contributed by atoms with Crippen LogP contribution in [-0.4, -0.2) is 33.6 Å². The zero-order valence-corrected chi connectivity index (χ0v) is 16.8. The number of thioether (sulfide) groups is 1. The van der Waals surface area contributed by atoms with Crippen molar-refractivity contribution in [1.29, 1.82) is 0 Å².